The summed E-state index contributed by atoms with van der Waals surface area (Å²) in [4.78, 5) is 25.6. The average Bonchev–Trinajstić information content (AvgIpc) is 2.60. The van der Waals surface area contributed by atoms with Gasteiger partial charge in [0.25, 0.3) is 5.91 Å². The summed E-state index contributed by atoms with van der Waals surface area (Å²) in [5.41, 5.74) is 1.83. The van der Waals surface area contributed by atoms with E-state index >= 15 is 0 Å². The summed E-state index contributed by atoms with van der Waals surface area (Å²) in [7, 11) is 0. The van der Waals surface area contributed by atoms with Gasteiger partial charge in [0, 0.05) is 16.3 Å². The van der Waals surface area contributed by atoms with Crippen LogP contribution in [-0.4, -0.2) is 10.5 Å². The molecule has 23 heavy (non-hydrogen) atoms. The summed E-state index contributed by atoms with van der Waals surface area (Å²) >= 11 is 0. The summed E-state index contributed by atoms with van der Waals surface area (Å²) in [6, 6.07) is 14.5. The minimum Gasteiger partial charge on any atom is -0.288 e. The highest BCUT2D eigenvalue weighted by Gasteiger charge is 2.15. The van der Waals surface area contributed by atoms with E-state index in [0.717, 1.165) is 0 Å². The minimum atomic E-state index is -0.129. The Bertz CT molecular complexity index is 963. The molecule has 3 rings (SSSR count). The molecule has 0 unspecified atom stereocenters. The van der Waals surface area contributed by atoms with E-state index in [1.165, 1.54) is 0 Å². The summed E-state index contributed by atoms with van der Waals surface area (Å²) in [5.74, 6) is -0.129. The van der Waals surface area contributed by atoms with Crippen molar-refractivity contribution in [2.45, 2.75) is 13.8 Å². The zero-order valence-corrected chi connectivity index (χ0v) is 13.1. The fourth-order valence-corrected chi connectivity index (χ4v) is 2.70. The molecule has 114 valence electrons. The van der Waals surface area contributed by atoms with Gasteiger partial charge < -0.3 is 0 Å². The Hall–Kier alpha value is -2.94. The number of carbonyl (C=O) groups excluding carboxylic acids is 1. The van der Waals surface area contributed by atoms with Crippen molar-refractivity contribution in [1.29, 1.82) is 0 Å². The van der Waals surface area contributed by atoms with Gasteiger partial charge in [0.1, 0.15) is 0 Å². The normalized spacial score (nSPS) is 12.3. The van der Waals surface area contributed by atoms with Gasteiger partial charge >= 0.3 is 0 Å². The number of nitrogens with zero attached hydrogens (tertiary/aromatic N) is 1. The second-order valence-corrected chi connectivity index (χ2v) is 5.38. The Morgan fingerprint density at radius 1 is 0.957 bits per heavy atom. The fourth-order valence-electron chi connectivity index (χ4n) is 2.70. The highest BCUT2D eigenvalue weighted by Crippen LogP contribution is 2.20. The van der Waals surface area contributed by atoms with Crippen LogP contribution in [0.5, 0.6) is 0 Å². The largest absolute Gasteiger partial charge is 0.288 e. The van der Waals surface area contributed by atoms with Crippen LogP contribution in [0, 0.1) is 0 Å². The second-order valence-electron chi connectivity index (χ2n) is 5.38. The maximum atomic E-state index is 12.9. The number of carbonyl (C=O) groups is 1. The van der Waals surface area contributed by atoms with Crippen LogP contribution in [0.15, 0.2) is 77.1 Å². The smallest absolute Gasteiger partial charge is 0.258 e. The molecule has 0 saturated heterocycles. The van der Waals surface area contributed by atoms with Crippen LogP contribution < -0.4 is 5.43 Å². The topological polar surface area (TPSA) is 39.1 Å². The third-order valence-corrected chi connectivity index (χ3v) is 3.86. The molecular weight excluding hydrogens is 286 g/mol. The first-order valence-electron chi connectivity index (χ1n) is 7.52. The van der Waals surface area contributed by atoms with Gasteiger partial charge in [-0.2, -0.15) is 0 Å². The highest BCUT2D eigenvalue weighted by molar-refractivity contribution is 6.08. The van der Waals surface area contributed by atoms with Crippen LogP contribution in [0.3, 0.4) is 0 Å². The van der Waals surface area contributed by atoms with Crippen molar-refractivity contribution in [2.75, 3.05) is 0 Å². The van der Waals surface area contributed by atoms with Crippen LogP contribution in [0.25, 0.3) is 21.8 Å². The number of aromatic nitrogens is 1. The molecule has 0 amide bonds. The Morgan fingerprint density at radius 3 is 2.00 bits per heavy atom. The quantitative estimate of drug-likeness (QED) is 0.402. The van der Waals surface area contributed by atoms with Crippen molar-refractivity contribution in [3.05, 3.63) is 82.6 Å². The van der Waals surface area contributed by atoms with Gasteiger partial charge in [-0.25, -0.2) is 0 Å². The SMILES string of the molecule is C/C=C/C=C(\C)C(=O)n1c2ccccc2c(=O)c2ccccc21. The molecule has 1 heterocycles. The van der Waals surface area contributed by atoms with Gasteiger partial charge in [-0.1, -0.05) is 42.5 Å². The lowest BCUT2D eigenvalue weighted by atomic mass is 10.1. The van der Waals surface area contributed by atoms with Crippen molar-refractivity contribution in [2.24, 2.45) is 0 Å². The summed E-state index contributed by atoms with van der Waals surface area (Å²) in [6.45, 7) is 3.68. The number of para-hydroxylation sites is 2. The predicted molar refractivity (Wildman–Crippen MR) is 94.9 cm³/mol. The lowest BCUT2D eigenvalue weighted by Gasteiger charge is -2.13. The van der Waals surface area contributed by atoms with E-state index in [4.69, 9.17) is 0 Å². The zero-order valence-electron chi connectivity index (χ0n) is 13.1. The molecule has 2 aromatic carbocycles. The Kier molecular flexibility index (Phi) is 3.94. The molecule has 0 atom stereocenters. The van der Waals surface area contributed by atoms with Crippen molar-refractivity contribution in [1.82, 2.24) is 4.57 Å². The molecule has 0 spiro atoms. The molecule has 3 nitrogen and oxygen atoms in total. The van der Waals surface area contributed by atoms with Crippen molar-refractivity contribution >= 4 is 27.7 Å². The number of pyridine rings is 1. The first kappa shape index (κ1) is 15.0. The standard InChI is InChI=1S/C20H17NO2/c1-3-4-9-14(2)20(23)21-17-12-7-5-10-15(17)19(22)16-11-6-8-13-18(16)21/h3-13H,1-2H3/b4-3+,14-9+. The first-order chi connectivity index (χ1) is 11.1. The molecule has 0 N–H and O–H groups in total. The first-order valence-corrected chi connectivity index (χ1v) is 7.52. The van der Waals surface area contributed by atoms with Gasteiger partial charge in [-0.05, 0) is 38.1 Å². The van der Waals surface area contributed by atoms with Crippen LogP contribution >= 0.6 is 0 Å². The van der Waals surface area contributed by atoms with Gasteiger partial charge in [-0.15, -0.1) is 0 Å². The van der Waals surface area contributed by atoms with Crippen LogP contribution in [0.2, 0.25) is 0 Å². The number of benzene rings is 2. The van der Waals surface area contributed by atoms with Gasteiger partial charge in [-0.3, -0.25) is 14.2 Å². The Balaban J connectivity index is 2.44. The van der Waals surface area contributed by atoms with Crippen molar-refractivity contribution < 1.29 is 4.79 Å². The van der Waals surface area contributed by atoms with Crippen molar-refractivity contribution in [3.63, 3.8) is 0 Å². The number of fused-ring (bicyclic) bond motifs is 2. The van der Waals surface area contributed by atoms with E-state index < -0.39 is 0 Å². The highest BCUT2D eigenvalue weighted by atomic mass is 16.2. The molecule has 0 saturated carbocycles. The molecule has 0 aliphatic carbocycles. The predicted octanol–water partition coefficient (Wildman–Crippen LogP) is 4.32. The molecule has 3 aromatic rings. The summed E-state index contributed by atoms with van der Waals surface area (Å²) in [6.07, 6.45) is 5.49. The maximum Gasteiger partial charge on any atom is 0.258 e. The van der Waals surface area contributed by atoms with E-state index in [9.17, 15) is 9.59 Å². The van der Waals surface area contributed by atoms with Gasteiger partial charge in [0.15, 0.2) is 5.43 Å². The third kappa shape index (κ3) is 2.50. The molecule has 0 radical (unpaired) electrons. The molecule has 3 heteroatoms. The van der Waals surface area contributed by atoms with E-state index in [1.54, 1.807) is 29.7 Å². The van der Waals surface area contributed by atoms with Gasteiger partial charge in [0.05, 0.1) is 11.0 Å². The van der Waals surface area contributed by atoms with E-state index in [1.807, 2.05) is 55.5 Å². The maximum absolute atomic E-state index is 12.9. The molecule has 0 bridgehead atoms. The van der Waals surface area contributed by atoms with Crippen LogP contribution in [0.4, 0.5) is 0 Å². The summed E-state index contributed by atoms with van der Waals surface area (Å²) < 4.78 is 1.63. The number of hydrogen-bond acceptors (Lipinski definition) is 2. The minimum absolute atomic E-state index is 0.0460. The zero-order chi connectivity index (χ0) is 16.4. The Labute approximate surface area is 134 Å². The summed E-state index contributed by atoms with van der Waals surface area (Å²) in [5, 5.41) is 1.11. The second kappa shape index (κ2) is 6.05. The van der Waals surface area contributed by atoms with Crippen LogP contribution in [0.1, 0.15) is 18.6 Å². The van der Waals surface area contributed by atoms with Gasteiger partial charge in [0.2, 0.25) is 0 Å². The number of allylic oxidation sites excluding steroid dienone is 4. The number of rotatable bonds is 2. The molecule has 0 aliphatic rings. The molecule has 0 fully saturated rings. The van der Waals surface area contributed by atoms with E-state index in [0.29, 0.717) is 27.4 Å². The Morgan fingerprint density at radius 2 is 1.48 bits per heavy atom. The fraction of sp³-hybridized carbons (Fsp3) is 0.100. The lowest BCUT2D eigenvalue weighted by Crippen LogP contribution is -2.18. The monoisotopic (exact) mass is 303 g/mol. The lowest BCUT2D eigenvalue weighted by molar-refractivity contribution is 0.0964. The number of hydrogen-bond donors (Lipinski definition) is 0. The van der Waals surface area contributed by atoms with E-state index in [2.05, 4.69) is 0 Å². The molecule has 0 aliphatic heterocycles. The van der Waals surface area contributed by atoms with Crippen molar-refractivity contribution in [3.8, 4) is 0 Å². The third-order valence-electron chi connectivity index (χ3n) is 3.86. The average molecular weight is 303 g/mol. The van der Waals surface area contributed by atoms with Crippen LogP contribution in [-0.2, 0) is 0 Å². The molecular formula is C20H17NO2. The molecule has 1 aromatic heterocycles. The van der Waals surface area contributed by atoms with E-state index in [-0.39, 0.29) is 11.3 Å².